The first-order valence-electron chi connectivity index (χ1n) is 7.63. The minimum absolute atomic E-state index is 0.0275. The van der Waals surface area contributed by atoms with Crippen LogP contribution in [0.2, 0.25) is 0 Å². The van der Waals surface area contributed by atoms with E-state index in [1.807, 2.05) is 11.1 Å². The predicted octanol–water partition coefficient (Wildman–Crippen LogP) is 2.74. The molecule has 2 rings (SSSR count). The number of carbonyl (C=O) groups is 2. The Morgan fingerprint density at radius 1 is 1.38 bits per heavy atom. The van der Waals surface area contributed by atoms with Gasteiger partial charge in [0.05, 0.1) is 17.9 Å². The van der Waals surface area contributed by atoms with Gasteiger partial charge in [0.25, 0.3) is 0 Å². The van der Waals surface area contributed by atoms with E-state index < -0.39 is 0 Å². The van der Waals surface area contributed by atoms with Crippen molar-refractivity contribution in [3.05, 3.63) is 17.7 Å². The van der Waals surface area contributed by atoms with Crippen LogP contribution in [0.3, 0.4) is 0 Å². The van der Waals surface area contributed by atoms with Crippen LogP contribution in [0.1, 0.15) is 70.9 Å². The van der Waals surface area contributed by atoms with Crippen molar-refractivity contribution < 1.29 is 9.59 Å². The number of hydrogen-bond donors (Lipinski definition) is 1. The van der Waals surface area contributed by atoms with Crippen molar-refractivity contribution >= 4 is 11.7 Å². The predicted molar refractivity (Wildman–Crippen MR) is 80.9 cm³/mol. The first-order chi connectivity index (χ1) is 9.79. The van der Waals surface area contributed by atoms with Crippen LogP contribution in [0.5, 0.6) is 0 Å². The summed E-state index contributed by atoms with van der Waals surface area (Å²) in [5.74, 6) is 1.08. The number of Topliss-reactive ketones (excluding diaryl/α,β-unsaturated/α-hetero) is 1. The van der Waals surface area contributed by atoms with E-state index in [1.165, 1.54) is 6.92 Å². The van der Waals surface area contributed by atoms with Gasteiger partial charge < -0.3 is 14.7 Å². The highest BCUT2D eigenvalue weighted by atomic mass is 16.2. The third-order valence-corrected chi connectivity index (χ3v) is 3.93. The Hall–Kier alpha value is -1.65. The number of aromatic amines is 1. The Morgan fingerprint density at radius 3 is 2.67 bits per heavy atom. The highest BCUT2D eigenvalue weighted by Crippen LogP contribution is 2.32. The van der Waals surface area contributed by atoms with E-state index in [0.29, 0.717) is 12.8 Å². The van der Waals surface area contributed by atoms with Gasteiger partial charge >= 0.3 is 0 Å². The Balaban J connectivity index is 2.09. The second kappa shape index (κ2) is 6.00. The molecule has 0 spiro atoms. The summed E-state index contributed by atoms with van der Waals surface area (Å²) < 4.78 is 0. The lowest BCUT2D eigenvalue weighted by atomic mass is 9.96. The maximum atomic E-state index is 12.3. The summed E-state index contributed by atoms with van der Waals surface area (Å²) >= 11 is 0. The van der Waals surface area contributed by atoms with E-state index in [4.69, 9.17) is 0 Å². The zero-order valence-corrected chi connectivity index (χ0v) is 13.4. The van der Waals surface area contributed by atoms with E-state index in [1.54, 1.807) is 0 Å². The number of carbonyl (C=O) groups excluding carboxylic acids is 2. The van der Waals surface area contributed by atoms with Crippen LogP contribution in [-0.4, -0.2) is 33.1 Å². The number of ketones is 1. The fraction of sp³-hybridized carbons (Fsp3) is 0.688. The molecule has 0 aromatic carbocycles. The number of nitrogens with one attached hydrogen (secondary N) is 1. The molecule has 5 nitrogen and oxygen atoms in total. The van der Waals surface area contributed by atoms with E-state index >= 15 is 0 Å². The van der Waals surface area contributed by atoms with Crippen LogP contribution in [0, 0.1) is 0 Å². The van der Waals surface area contributed by atoms with Gasteiger partial charge in [-0.15, -0.1) is 0 Å². The molecule has 0 aliphatic carbocycles. The Kier molecular flexibility index (Phi) is 4.49. The van der Waals surface area contributed by atoms with Gasteiger partial charge in [0.1, 0.15) is 11.6 Å². The van der Waals surface area contributed by atoms with Crippen LogP contribution in [0.4, 0.5) is 0 Å². The van der Waals surface area contributed by atoms with Crippen LogP contribution in [-0.2, 0) is 15.0 Å². The highest BCUT2D eigenvalue weighted by Gasteiger charge is 2.31. The molecule has 1 unspecified atom stereocenters. The number of imidazole rings is 1. The molecule has 0 radical (unpaired) electrons. The van der Waals surface area contributed by atoms with Crippen molar-refractivity contribution in [3.8, 4) is 0 Å². The zero-order chi connectivity index (χ0) is 15.6. The number of likely N-dealkylation sites (tertiary alicyclic amines) is 1. The number of rotatable bonds is 4. The van der Waals surface area contributed by atoms with E-state index in [-0.39, 0.29) is 23.1 Å². The van der Waals surface area contributed by atoms with Gasteiger partial charge in [-0.25, -0.2) is 4.98 Å². The minimum Gasteiger partial charge on any atom is -0.344 e. The van der Waals surface area contributed by atoms with Gasteiger partial charge in [-0.3, -0.25) is 4.79 Å². The van der Waals surface area contributed by atoms with Gasteiger partial charge in [-0.05, 0) is 19.8 Å². The standard InChI is InChI=1S/C16H25N3O2/c1-11(20)7-8-14(21)19-9-5-6-13(19)12-10-17-15(18-12)16(2,3)4/h10,13H,5-9H2,1-4H3,(H,17,18). The largest absolute Gasteiger partial charge is 0.344 e. The van der Waals surface area contributed by atoms with Gasteiger partial charge in [0, 0.05) is 24.8 Å². The molecular weight excluding hydrogens is 266 g/mol. The number of amides is 1. The smallest absolute Gasteiger partial charge is 0.223 e. The average Bonchev–Trinajstić information content (AvgIpc) is 3.02. The second-order valence-corrected chi connectivity index (χ2v) is 6.88. The Labute approximate surface area is 126 Å². The molecule has 0 bridgehead atoms. The van der Waals surface area contributed by atoms with Gasteiger partial charge in [-0.1, -0.05) is 20.8 Å². The first-order valence-corrected chi connectivity index (χ1v) is 7.63. The summed E-state index contributed by atoms with van der Waals surface area (Å²) in [5, 5.41) is 0. The maximum absolute atomic E-state index is 12.3. The van der Waals surface area contributed by atoms with Crippen molar-refractivity contribution in [1.82, 2.24) is 14.9 Å². The molecule has 1 atom stereocenters. The van der Waals surface area contributed by atoms with E-state index in [9.17, 15) is 9.59 Å². The molecular formula is C16H25N3O2. The summed E-state index contributed by atoms with van der Waals surface area (Å²) in [6.45, 7) is 8.63. The van der Waals surface area contributed by atoms with Crippen molar-refractivity contribution in [3.63, 3.8) is 0 Å². The first kappa shape index (κ1) is 15.7. The average molecular weight is 291 g/mol. The molecule has 2 heterocycles. The van der Waals surface area contributed by atoms with Crippen molar-refractivity contribution in [2.24, 2.45) is 0 Å². The number of H-pyrrole nitrogens is 1. The third kappa shape index (κ3) is 3.71. The van der Waals surface area contributed by atoms with Crippen LogP contribution in [0.25, 0.3) is 0 Å². The highest BCUT2D eigenvalue weighted by molar-refractivity contribution is 5.83. The summed E-state index contributed by atoms with van der Waals surface area (Å²) in [6, 6.07) is 0.0769. The Bertz CT molecular complexity index is 528. The van der Waals surface area contributed by atoms with Crippen molar-refractivity contribution in [2.45, 2.75) is 64.8 Å². The topological polar surface area (TPSA) is 66.1 Å². The molecule has 1 aromatic heterocycles. The summed E-state index contributed by atoms with van der Waals surface area (Å²) in [5.41, 5.74) is 0.981. The van der Waals surface area contributed by atoms with Crippen LogP contribution < -0.4 is 0 Å². The van der Waals surface area contributed by atoms with Crippen molar-refractivity contribution in [1.29, 1.82) is 0 Å². The minimum atomic E-state index is -0.0275. The lowest BCUT2D eigenvalue weighted by Crippen LogP contribution is -2.31. The summed E-state index contributed by atoms with van der Waals surface area (Å²) in [6.07, 6.45) is 4.45. The maximum Gasteiger partial charge on any atom is 0.223 e. The molecule has 21 heavy (non-hydrogen) atoms. The number of hydrogen-bond acceptors (Lipinski definition) is 3. The lowest BCUT2D eigenvalue weighted by molar-refractivity contribution is -0.133. The quantitative estimate of drug-likeness (QED) is 0.927. The van der Waals surface area contributed by atoms with Gasteiger partial charge in [0.2, 0.25) is 5.91 Å². The molecule has 1 aromatic rings. The molecule has 1 amide bonds. The van der Waals surface area contributed by atoms with Crippen LogP contribution >= 0.6 is 0 Å². The molecule has 1 aliphatic rings. The monoisotopic (exact) mass is 291 g/mol. The fourth-order valence-corrected chi connectivity index (χ4v) is 2.70. The molecule has 0 saturated carbocycles. The molecule has 1 fully saturated rings. The van der Waals surface area contributed by atoms with Crippen LogP contribution in [0.15, 0.2) is 6.20 Å². The lowest BCUT2D eigenvalue weighted by Gasteiger charge is -2.24. The SMILES string of the molecule is CC(=O)CCC(=O)N1CCCC1c1cnc(C(C)(C)C)[nH]1. The molecule has 116 valence electrons. The normalized spacial score (nSPS) is 19.0. The van der Waals surface area contributed by atoms with Gasteiger partial charge in [0.15, 0.2) is 0 Å². The number of aromatic nitrogens is 2. The van der Waals surface area contributed by atoms with E-state index in [0.717, 1.165) is 30.9 Å². The molecule has 1 aliphatic heterocycles. The summed E-state index contributed by atoms with van der Waals surface area (Å²) in [7, 11) is 0. The fourth-order valence-electron chi connectivity index (χ4n) is 2.70. The zero-order valence-electron chi connectivity index (χ0n) is 13.4. The second-order valence-electron chi connectivity index (χ2n) is 6.88. The molecule has 1 saturated heterocycles. The van der Waals surface area contributed by atoms with E-state index in [2.05, 4.69) is 30.7 Å². The van der Waals surface area contributed by atoms with Crippen molar-refractivity contribution in [2.75, 3.05) is 6.54 Å². The summed E-state index contributed by atoms with van der Waals surface area (Å²) in [4.78, 5) is 33.0. The van der Waals surface area contributed by atoms with Gasteiger partial charge in [-0.2, -0.15) is 0 Å². The molecule has 5 heteroatoms. The third-order valence-electron chi connectivity index (χ3n) is 3.93. The number of nitrogens with zero attached hydrogens (tertiary/aromatic N) is 2. The Morgan fingerprint density at radius 2 is 2.10 bits per heavy atom. The molecule has 1 N–H and O–H groups in total.